The number of carbonyl (C=O) groups is 1. The molecule has 1 aromatic heterocycles. The molecule has 122 valence electrons. The van der Waals surface area contributed by atoms with Crippen LogP contribution in [0.5, 0.6) is 0 Å². The summed E-state index contributed by atoms with van der Waals surface area (Å²) in [6, 6.07) is 6.91. The maximum atomic E-state index is 12.5. The molecule has 0 bridgehead atoms. The van der Waals surface area contributed by atoms with Gasteiger partial charge in [0.1, 0.15) is 5.82 Å². The number of para-hydroxylation sites is 1. The Kier molecular flexibility index (Phi) is 4.54. The van der Waals surface area contributed by atoms with Gasteiger partial charge in [0.15, 0.2) is 5.78 Å². The fraction of sp³-hybridized carbons (Fsp3) is 0.471. The van der Waals surface area contributed by atoms with Gasteiger partial charge in [0, 0.05) is 12.5 Å². The van der Waals surface area contributed by atoms with Crippen molar-refractivity contribution in [2.75, 3.05) is 6.54 Å². The Labute approximate surface area is 134 Å². The Morgan fingerprint density at radius 2 is 2.22 bits per heavy atom. The maximum Gasteiger partial charge on any atom is 0.261 e. The lowest BCUT2D eigenvalue weighted by atomic mass is 9.97. The second-order valence-corrected chi connectivity index (χ2v) is 6.08. The number of aryl methyl sites for hydroxylation is 1. The lowest BCUT2D eigenvalue weighted by Crippen LogP contribution is -2.46. The number of fused-ring (bicyclic) bond motifs is 1. The molecule has 1 aliphatic rings. The molecule has 23 heavy (non-hydrogen) atoms. The monoisotopic (exact) mass is 315 g/mol. The van der Waals surface area contributed by atoms with Crippen LogP contribution in [0.15, 0.2) is 29.1 Å². The van der Waals surface area contributed by atoms with E-state index in [9.17, 15) is 14.7 Å². The molecule has 2 atom stereocenters. The largest absolute Gasteiger partial charge is 0.391 e. The van der Waals surface area contributed by atoms with Crippen LogP contribution >= 0.6 is 0 Å². The highest BCUT2D eigenvalue weighted by molar-refractivity contribution is 5.80. The highest BCUT2D eigenvalue weighted by Crippen LogP contribution is 2.13. The second-order valence-electron chi connectivity index (χ2n) is 6.08. The highest BCUT2D eigenvalue weighted by atomic mass is 16.3. The van der Waals surface area contributed by atoms with E-state index >= 15 is 0 Å². The van der Waals surface area contributed by atoms with Crippen LogP contribution in [0.1, 0.15) is 25.1 Å². The molecule has 1 saturated heterocycles. The van der Waals surface area contributed by atoms with Crippen molar-refractivity contribution < 1.29 is 9.90 Å². The number of aliphatic hydroxyl groups is 1. The summed E-state index contributed by atoms with van der Waals surface area (Å²) in [7, 11) is 0. The number of Topliss-reactive ketones (excluding diaryl/α,β-unsaturated/α-hetero) is 1. The molecule has 2 aromatic rings. The fourth-order valence-electron chi connectivity index (χ4n) is 3.10. The van der Waals surface area contributed by atoms with Crippen molar-refractivity contribution in [1.82, 2.24) is 14.9 Å². The van der Waals surface area contributed by atoms with Crippen molar-refractivity contribution in [2.24, 2.45) is 0 Å². The SMILES string of the molecule is Cc1nc2ccccc2c(=O)n1CC(=O)C[C@H]1NCCC[C@@H]1O. The normalized spacial score (nSPS) is 21.5. The second kappa shape index (κ2) is 6.60. The van der Waals surface area contributed by atoms with Gasteiger partial charge < -0.3 is 10.4 Å². The molecule has 0 radical (unpaired) electrons. The van der Waals surface area contributed by atoms with Crippen LogP contribution in [0.2, 0.25) is 0 Å². The van der Waals surface area contributed by atoms with Gasteiger partial charge >= 0.3 is 0 Å². The van der Waals surface area contributed by atoms with Crippen molar-refractivity contribution in [3.05, 3.63) is 40.4 Å². The van der Waals surface area contributed by atoms with Gasteiger partial charge in [0.2, 0.25) is 0 Å². The molecule has 0 aliphatic carbocycles. The number of nitrogens with zero attached hydrogens (tertiary/aromatic N) is 2. The minimum absolute atomic E-state index is 0.00655. The first-order valence-electron chi connectivity index (χ1n) is 7.95. The van der Waals surface area contributed by atoms with Gasteiger partial charge in [-0.1, -0.05) is 12.1 Å². The van der Waals surface area contributed by atoms with Crippen LogP contribution in [0.25, 0.3) is 10.9 Å². The van der Waals surface area contributed by atoms with Crippen molar-refractivity contribution >= 4 is 16.7 Å². The average molecular weight is 315 g/mol. The van der Waals surface area contributed by atoms with Crippen molar-refractivity contribution in [3.63, 3.8) is 0 Å². The van der Waals surface area contributed by atoms with Gasteiger partial charge in [-0.3, -0.25) is 14.2 Å². The summed E-state index contributed by atoms with van der Waals surface area (Å²) >= 11 is 0. The number of nitrogens with one attached hydrogen (secondary N) is 1. The first kappa shape index (κ1) is 15.8. The van der Waals surface area contributed by atoms with Crippen LogP contribution in [0, 0.1) is 6.92 Å². The van der Waals surface area contributed by atoms with Gasteiger partial charge in [-0.2, -0.15) is 0 Å². The molecule has 0 unspecified atom stereocenters. The number of rotatable bonds is 4. The molecule has 0 spiro atoms. The number of benzene rings is 1. The summed E-state index contributed by atoms with van der Waals surface area (Å²) in [5.41, 5.74) is 0.446. The van der Waals surface area contributed by atoms with Crippen LogP contribution in [-0.2, 0) is 11.3 Å². The number of ketones is 1. The third-order valence-electron chi connectivity index (χ3n) is 4.38. The quantitative estimate of drug-likeness (QED) is 0.871. The molecule has 2 N–H and O–H groups in total. The minimum atomic E-state index is -0.500. The van der Waals surface area contributed by atoms with Crippen LogP contribution in [0.3, 0.4) is 0 Å². The molecule has 1 fully saturated rings. The van der Waals surface area contributed by atoms with Crippen LogP contribution in [-0.4, -0.2) is 39.1 Å². The molecule has 6 heteroatoms. The third-order valence-corrected chi connectivity index (χ3v) is 4.38. The van der Waals surface area contributed by atoms with Crippen molar-refractivity contribution in [3.8, 4) is 0 Å². The van der Waals surface area contributed by atoms with Gasteiger partial charge in [-0.05, 0) is 38.4 Å². The number of piperidine rings is 1. The lowest BCUT2D eigenvalue weighted by Gasteiger charge is -2.28. The van der Waals surface area contributed by atoms with Gasteiger partial charge in [0.05, 0.1) is 23.6 Å². The number of aliphatic hydroxyl groups excluding tert-OH is 1. The lowest BCUT2D eigenvalue weighted by molar-refractivity contribution is -0.121. The number of carbonyl (C=O) groups excluding carboxylic acids is 1. The number of aromatic nitrogens is 2. The zero-order chi connectivity index (χ0) is 16.4. The van der Waals surface area contributed by atoms with E-state index in [-0.39, 0.29) is 30.3 Å². The summed E-state index contributed by atoms with van der Waals surface area (Å²) in [6.45, 7) is 2.54. The Morgan fingerprint density at radius 3 is 3.00 bits per heavy atom. The molecule has 0 saturated carbocycles. The van der Waals surface area contributed by atoms with E-state index in [1.807, 2.05) is 6.07 Å². The van der Waals surface area contributed by atoms with E-state index in [1.165, 1.54) is 4.57 Å². The predicted molar refractivity (Wildman–Crippen MR) is 87.4 cm³/mol. The Balaban J connectivity index is 1.81. The van der Waals surface area contributed by atoms with Gasteiger partial charge in [-0.15, -0.1) is 0 Å². The summed E-state index contributed by atoms with van der Waals surface area (Å²) in [5.74, 6) is 0.449. The van der Waals surface area contributed by atoms with E-state index in [0.29, 0.717) is 23.1 Å². The molecule has 3 rings (SSSR count). The number of hydrogen-bond acceptors (Lipinski definition) is 5. The molecule has 1 aromatic carbocycles. The maximum absolute atomic E-state index is 12.5. The van der Waals surface area contributed by atoms with Gasteiger partial charge in [0.25, 0.3) is 5.56 Å². The molecular formula is C17H21N3O3. The Morgan fingerprint density at radius 1 is 1.43 bits per heavy atom. The Hall–Kier alpha value is -2.05. The molecule has 6 nitrogen and oxygen atoms in total. The number of hydrogen-bond donors (Lipinski definition) is 2. The summed E-state index contributed by atoms with van der Waals surface area (Å²) in [5, 5.41) is 13.6. The first-order valence-corrected chi connectivity index (χ1v) is 7.95. The van der Waals surface area contributed by atoms with E-state index in [0.717, 1.165) is 13.0 Å². The van der Waals surface area contributed by atoms with E-state index in [1.54, 1.807) is 25.1 Å². The fourth-order valence-corrected chi connectivity index (χ4v) is 3.10. The smallest absolute Gasteiger partial charge is 0.261 e. The summed E-state index contributed by atoms with van der Waals surface area (Å²) in [4.78, 5) is 29.3. The predicted octanol–water partition coefficient (Wildman–Crippen LogP) is 0.777. The molecule has 1 aliphatic heterocycles. The van der Waals surface area contributed by atoms with E-state index < -0.39 is 6.10 Å². The standard InChI is InChI=1S/C17H21N3O3/c1-11-19-14-6-3-2-5-13(14)17(23)20(11)10-12(21)9-15-16(22)7-4-8-18-15/h2-3,5-6,15-16,18,22H,4,7-10H2,1H3/t15-,16+/m1/s1. The average Bonchev–Trinajstić information content (AvgIpc) is 2.54. The topological polar surface area (TPSA) is 84.2 Å². The zero-order valence-electron chi connectivity index (χ0n) is 13.2. The minimum Gasteiger partial charge on any atom is -0.391 e. The van der Waals surface area contributed by atoms with Crippen LogP contribution in [0.4, 0.5) is 0 Å². The van der Waals surface area contributed by atoms with Gasteiger partial charge in [-0.25, -0.2) is 4.98 Å². The van der Waals surface area contributed by atoms with Crippen LogP contribution < -0.4 is 10.9 Å². The molecule has 0 amide bonds. The summed E-state index contributed by atoms with van der Waals surface area (Å²) < 4.78 is 1.42. The molecule has 2 heterocycles. The highest BCUT2D eigenvalue weighted by Gasteiger charge is 2.25. The van der Waals surface area contributed by atoms with Crippen molar-refractivity contribution in [1.29, 1.82) is 0 Å². The van der Waals surface area contributed by atoms with E-state index in [2.05, 4.69) is 10.3 Å². The summed E-state index contributed by atoms with van der Waals surface area (Å²) in [6.07, 6.45) is 1.35. The zero-order valence-corrected chi connectivity index (χ0v) is 13.2. The van der Waals surface area contributed by atoms with E-state index in [4.69, 9.17) is 0 Å². The Bertz CT molecular complexity index is 784. The third kappa shape index (κ3) is 3.33. The van der Waals surface area contributed by atoms with Crippen molar-refractivity contribution in [2.45, 2.75) is 44.9 Å². The first-order chi connectivity index (χ1) is 11.1. The molecular weight excluding hydrogens is 294 g/mol.